The minimum atomic E-state index is -4.09. The zero-order chi connectivity index (χ0) is 22.0. The summed E-state index contributed by atoms with van der Waals surface area (Å²) in [5.41, 5.74) is 2.27. The van der Waals surface area contributed by atoms with Crippen LogP contribution in [0.5, 0.6) is 0 Å². The maximum absolute atomic E-state index is 12.5. The van der Waals surface area contributed by atoms with Crippen molar-refractivity contribution in [3.63, 3.8) is 0 Å². The van der Waals surface area contributed by atoms with E-state index in [1.165, 1.54) is 28.4 Å². The van der Waals surface area contributed by atoms with E-state index in [4.69, 9.17) is 0 Å². The number of rotatable bonds is 7. The number of aromatic nitrogens is 2. The number of hydrogen-bond donors (Lipinski definition) is 1. The summed E-state index contributed by atoms with van der Waals surface area (Å²) in [7, 11) is -4.09. The van der Waals surface area contributed by atoms with Gasteiger partial charge in [-0.05, 0) is 30.7 Å². The van der Waals surface area contributed by atoms with Crippen molar-refractivity contribution in [3.8, 4) is 5.69 Å². The van der Waals surface area contributed by atoms with Gasteiger partial charge in [0.15, 0.2) is 5.78 Å². The van der Waals surface area contributed by atoms with Gasteiger partial charge < -0.3 is 0 Å². The molecule has 0 aliphatic rings. The van der Waals surface area contributed by atoms with Crippen LogP contribution in [0.4, 0.5) is 0 Å². The van der Waals surface area contributed by atoms with Crippen molar-refractivity contribution in [3.05, 3.63) is 77.4 Å². The maximum atomic E-state index is 12.5. The Morgan fingerprint density at radius 3 is 2.71 bits per heavy atom. The Hall–Kier alpha value is -3.30. The van der Waals surface area contributed by atoms with Gasteiger partial charge in [-0.25, -0.2) is 17.8 Å². The summed E-state index contributed by atoms with van der Waals surface area (Å²) in [6.07, 6.45) is 2.21. The van der Waals surface area contributed by atoms with E-state index in [9.17, 15) is 18.0 Å². The number of sulfonamides is 1. The van der Waals surface area contributed by atoms with E-state index in [1.54, 1.807) is 11.4 Å². The van der Waals surface area contributed by atoms with Crippen LogP contribution in [-0.4, -0.2) is 29.9 Å². The van der Waals surface area contributed by atoms with Gasteiger partial charge in [-0.3, -0.25) is 9.59 Å². The summed E-state index contributed by atoms with van der Waals surface area (Å²) in [4.78, 5) is 24.6. The van der Waals surface area contributed by atoms with Crippen LogP contribution in [-0.2, 0) is 14.8 Å². The smallest absolute Gasteiger partial charge is 0.267 e. The third kappa shape index (κ3) is 4.57. The Labute approximate surface area is 183 Å². The van der Waals surface area contributed by atoms with Crippen LogP contribution in [0.3, 0.4) is 0 Å². The summed E-state index contributed by atoms with van der Waals surface area (Å²) in [5.74, 6) is -0.937. The predicted molar refractivity (Wildman–Crippen MR) is 119 cm³/mol. The Kier molecular flexibility index (Phi) is 5.71. The van der Waals surface area contributed by atoms with Gasteiger partial charge in [-0.2, -0.15) is 5.10 Å². The molecule has 31 heavy (non-hydrogen) atoms. The van der Waals surface area contributed by atoms with Crippen LogP contribution in [0.1, 0.15) is 28.8 Å². The van der Waals surface area contributed by atoms with Gasteiger partial charge in [0.2, 0.25) is 5.91 Å². The Morgan fingerprint density at radius 2 is 1.90 bits per heavy atom. The fraction of sp³-hybridized carbons (Fsp3) is 0.136. The molecule has 4 rings (SSSR count). The molecule has 1 N–H and O–H groups in total. The predicted octanol–water partition coefficient (Wildman–Crippen LogP) is 3.86. The van der Waals surface area contributed by atoms with Crippen LogP contribution in [0.2, 0.25) is 0 Å². The molecule has 2 aromatic carbocycles. The molecular formula is C22H19N3O4S2. The van der Waals surface area contributed by atoms with Crippen LogP contribution in [0.25, 0.3) is 15.8 Å². The van der Waals surface area contributed by atoms with Crippen molar-refractivity contribution >= 4 is 43.1 Å². The van der Waals surface area contributed by atoms with E-state index in [2.05, 4.69) is 5.10 Å². The number of Topliss-reactive ketones (excluding diaryl/α,β-unsaturated/α-hetero) is 1. The molecule has 0 atom stereocenters. The second-order valence-electron chi connectivity index (χ2n) is 7.06. The van der Waals surface area contributed by atoms with Crippen molar-refractivity contribution in [2.24, 2.45) is 0 Å². The number of nitrogens with one attached hydrogen (secondary N) is 1. The molecule has 0 saturated heterocycles. The molecule has 0 bridgehead atoms. The number of fused-ring (bicyclic) bond motifs is 1. The summed E-state index contributed by atoms with van der Waals surface area (Å²) < 4.78 is 29.5. The number of nitrogens with zero attached hydrogens (tertiary/aromatic N) is 2. The first-order chi connectivity index (χ1) is 14.8. The SMILES string of the molecule is Cc1cccc(-n2cc(S(=O)(=O)NC(=O)CCC(=O)c3csc4ccccc34)cn2)c1. The average molecular weight is 454 g/mol. The molecule has 2 aromatic heterocycles. The van der Waals surface area contributed by atoms with Crippen LogP contribution >= 0.6 is 11.3 Å². The van der Waals surface area contributed by atoms with Gasteiger partial charge in [0.25, 0.3) is 10.0 Å². The first-order valence-corrected chi connectivity index (χ1v) is 11.9. The molecule has 0 unspecified atom stereocenters. The lowest BCUT2D eigenvalue weighted by Crippen LogP contribution is -2.30. The molecule has 0 aliphatic heterocycles. The van der Waals surface area contributed by atoms with Crippen molar-refractivity contribution in [2.45, 2.75) is 24.7 Å². The fourth-order valence-corrected chi connectivity index (χ4v) is 5.08. The lowest BCUT2D eigenvalue weighted by atomic mass is 10.1. The highest BCUT2D eigenvalue weighted by atomic mass is 32.2. The highest BCUT2D eigenvalue weighted by Gasteiger charge is 2.21. The third-order valence-electron chi connectivity index (χ3n) is 4.74. The van der Waals surface area contributed by atoms with Gasteiger partial charge in [-0.15, -0.1) is 11.3 Å². The average Bonchev–Trinajstić information content (AvgIpc) is 3.40. The van der Waals surface area contributed by atoms with Crippen molar-refractivity contribution in [2.75, 3.05) is 0 Å². The third-order valence-corrected chi connectivity index (χ3v) is 7.04. The van der Waals surface area contributed by atoms with Crippen LogP contribution < -0.4 is 4.72 Å². The van der Waals surface area contributed by atoms with Gasteiger partial charge >= 0.3 is 0 Å². The van der Waals surface area contributed by atoms with Crippen molar-refractivity contribution in [1.82, 2.24) is 14.5 Å². The van der Waals surface area contributed by atoms with Gasteiger partial charge in [-0.1, -0.05) is 30.3 Å². The number of aryl methyl sites for hydroxylation is 1. The number of carbonyl (C=O) groups excluding carboxylic acids is 2. The Balaban J connectivity index is 1.40. The van der Waals surface area contributed by atoms with E-state index in [-0.39, 0.29) is 23.5 Å². The van der Waals surface area contributed by atoms with E-state index >= 15 is 0 Å². The minimum absolute atomic E-state index is 0.0787. The van der Waals surface area contributed by atoms with Gasteiger partial charge in [0.1, 0.15) is 4.90 Å². The molecule has 0 fully saturated rings. The van der Waals surface area contributed by atoms with E-state index in [0.717, 1.165) is 15.6 Å². The molecule has 2 heterocycles. The van der Waals surface area contributed by atoms with Gasteiger partial charge in [0, 0.05) is 33.9 Å². The molecule has 0 spiro atoms. The summed E-state index contributed by atoms with van der Waals surface area (Å²) in [5, 5.41) is 6.68. The highest BCUT2D eigenvalue weighted by molar-refractivity contribution is 7.90. The zero-order valence-electron chi connectivity index (χ0n) is 16.6. The number of carbonyl (C=O) groups is 2. The topological polar surface area (TPSA) is 98.1 Å². The fourth-order valence-electron chi connectivity index (χ4n) is 3.17. The summed E-state index contributed by atoms with van der Waals surface area (Å²) >= 11 is 1.46. The lowest BCUT2D eigenvalue weighted by Gasteiger charge is -2.05. The van der Waals surface area contributed by atoms with E-state index in [0.29, 0.717) is 11.3 Å². The highest BCUT2D eigenvalue weighted by Crippen LogP contribution is 2.26. The monoisotopic (exact) mass is 453 g/mol. The molecule has 7 nitrogen and oxygen atoms in total. The summed E-state index contributed by atoms with van der Waals surface area (Å²) in [6.45, 7) is 1.92. The number of benzene rings is 2. The molecular weight excluding hydrogens is 434 g/mol. The second-order valence-corrected chi connectivity index (χ2v) is 9.65. The van der Waals surface area contributed by atoms with E-state index in [1.807, 2.05) is 54.1 Å². The molecule has 9 heteroatoms. The Bertz CT molecular complexity index is 1390. The van der Waals surface area contributed by atoms with Crippen molar-refractivity contribution < 1.29 is 18.0 Å². The Morgan fingerprint density at radius 1 is 1.10 bits per heavy atom. The number of ketones is 1. The molecule has 0 saturated carbocycles. The quantitative estimate of drug-likeness (QED) is 0.429. The second kappa shape index (κ2) is 8.44. The normalized spacial score (nSPS) is 11.5. The van der Waals surface area contributed by atoms with E-state index < -0.39 is 15.9 Å². The molecule has 0 aliphatic carbocycles. The van der Waals surface area contributed by atoms with Gasteiger partial charge in [0.05, 0.1) is 18.1 Å². The van der Waals surface area contributed by atoms with Crippen molar-refractivity contribution in [1.29, 1.82) is 0 Å². The maximum Gasteiger partial charge on any atom is 0.267 e. The standard InChI is InChI=1S/C22H19N3O4S2/c1-15-5-4-6-16(11-15)25-13-17(12-23-25)31(28,29)24-22(27)10-9-20(26)19-14-30-21-8-3-2-7-18(19)21/h2-8,11-14H,9-10H2,1H3,(H,24,27). The molecule has 1 amide bonds. The number of hydrogen-bond acceptors (Lipinski definition) is 6. The molecule has 0 radical (unpaired) electrons. The number of thiophene rings is 1. The number of amides is 1. The largest absolute Gasteiger partial charge is 0.294 e. The first-order valence-electron chi connectivity index (χ1n) is 9.50. The first kappa shape index (κ1) is 21.0. The van der Waals surface area contributed by atoms with Crippen LogP contribution in [0.15, 0.2) is 71.2 Å². The molecule has 4 aromatic rings. The van der Waals surface area contributed by atoms with Crippen LogP contribution in [0, 0.1) is 6.92 Å². The summed E-state index contributed by atoms with van der Waals surface area (Å²) in [6, 6.07) is 15.0. The molecule has 158 valence electrons. The zero-order valence-corrected chi connectivity index (χ0v) is 18.2. The minimum Gasteiger partial charge on any atom is -0.294 e. The lowest BCUT2D eigenvalue weighted by molar-refractivity contribution is -0.119.